The highest BCUT2D eigenvalue weighted by Crippen LogP contribution is 2.20. The summed E-state index contributed by atoms with van der Waals surface area (Å²) < 4.78 is 0. The van der Waals surface area contributed by atoms with Crippen molar-refractivity contribution in [1.82, 2.24) is 5.43 Å². The number of hydrazone groups is 1. The molecule has 0 saturated heterocycles. The van der Waals surface area contributed by atoms with Crippen molar-refractivity contribution < 1.29 is 4.79 Å². The third kappa shape index (κ3) is 4.31. The van der Waals surface area contributed by atoms with Crippen molar-refractivity contribution in [3.05, 3.63) is 69.2 Å². The lowest BCUT2D eigenvalue weighted by Crippen LogP contribution is -2.18. The zero-order valence-electron chi connectivity index (χ0n) is 11.4. The number of rotatable bonds is 4. The van der Waals surface area contributed by atoms with Crippen LogP contribution in [0.15, 0.2) is 47.6 Å². The maximum Gasteiger partial charge on any atom is 0.272 e. The summed E-state index contributed by atoms with van der Waals surface area (Å²) in [4.78, 5) is 11.9. The summed E-state index contributed by atoms with van der Waals surface area (Å²) in [5.41, 5.74) is 4.94. The van der Waals surface area contributed by atoms with E-state index in [1.54, 1.807) is 18.3 Å². The van der Waals surface area contributed by atoms with E-state index in [1.807, 2.05) is 24.3 Å². The van der Waals surface area contributed by atoms with E-state index in [1.165, 1.54) is 11.6 Å². The number of amides is 1. The van der Waals surface area contributed by atoms with Gasteiger partial charge in [-0.1, -0.05) is 54.4 Å². The lowest BCUT2D eigenvalue weighted by molar-refractivity contribution is 0.0955. The fraction of sp³-hybridized carbons (Fsp3) is 0.125. The summed E-state index contributed by atoms with van der Waals surface area (Å²) in [6.45, 7) is 2.10. The maximum atomic E-state index is 11.9. The summed E-state index contributed by atoms with van der Waals surface area (Å²) in [5.74, 6) is -0.377. The summed E-state index contributed by atoms with van der Waals surface area (Å²) in [7, 11) is 0. The first-order valence-electron chi connectivity index (χ1n) is 6.47. The second kappa shape index (κ2) is 7.25. The molecule has 0 aliphatic heterocycles. The SMILES string of the molecule is CCc1ccc(/C=N/NC(=O)c2ccc(Cl)cc2Cl)cc1. The Morgan fingerprint density at radius 1 is 1.19 bits per heavy atom. The van der Waals surface area contributed by atoms with Crippen molar-refractivity contribution in [2.45, 2.75) is 13.3 Å². The van der Waals surface area contributed by atoms with Gasteiger partial charge in [0.15, 0.2) is 0 Å². The Kier molecular flexibility index (Phi) is 5.37. The third-order valence-corrected chi connectivity index (χ3v) is 3.49. The molecule has 0 aliphatic carbocycles. The second-order valence-electron chi connectivity index (χ2n) is 4.42. The molecule has 2 aromatic rings. The van der Waals surface area contributed by atoms with E-state index < -0.39 is 0 Å². The number of halogens is 2. The van der Waals surface area contributed by atoms with E-state index in [-0.39, 0.29) is 5.91 Å². The van der Waals surface area contributed by atoms with Crippen LogP contribution in [0.25, 0.3) is 0 Å². The predicted molar refractivity (Wildman–Crippen MR) is 87.3 cm³/mol. The molecular formula is C16H14Cl2N2O. The average Bonchev–Trinajstić information content (AvgIpc) is 2.47. The molecule has 1 N–H and O–H groups in total. The molecule has 0 spiro atoms. The Balaban J connectivity index is 2.01. The van der Waals surface area contributed by atoms with Gasteiger partial charge in [0.2, 0.25) is 0 Å². The van der Waals surface area contributed by atoms with Gasteiger partial charge in [-0.3, -0.25) is 4.79 Å². The lowest BCUT2D eigenvalue weighted by Gasteiger charge is -2.03. The van der Waals surface area contributed by atoms with E-state index >= 15 is 0 Å². The van der Waals surface area contributed by atoms with Gasteiger partial charge < -0.3 is 0 Å². The Labute approximate surface area is 133 Å². The Morgan fingerprint density at radius 3 is 2.52 bits per heavy atom. The molecule has 0 aliphatic rings. The van der Waals surface area contributed by atoms with Crippen LogP contribution in [0.1, 0.15) is 28.4 Å². The summed E-state index contributed by atoms with van der Waals surface area (Å²) in [6.07, 6.45) is 2.57. The molecule has 2 aromatic carbocycles. The highest BCUT2D eigenvalue weighted by molar-refractivity contribution is 6.36. The second-order valence-corrected chi connectivity index (χ2v) is 5.26. The third-order valence-electron chi connectivity index (χ3n) is 2.94. The summed E-state index contributed by atoms with van der Waals surface area (Å²) in [6, 6.07) is 12.6. The van der Waals surface area contributed by atoms with Crippen molar-refractivity contribution in [1.29, 1.82) is 0 Å². The molecule has 0 atom stereocenters. The van der Waals surface area contributed by atoms with Gasteiger partial charge in [0, 0.05) is 5.02 Å². The quantitative estimate of drug-likeness (QED) is 0.661. The molecule has 0 saturated carbocycles. The predicted octanol–water partition coefficient (Wildman–Crippen LogP) is 4.32. The van der Waals surface area contributed by atoms with Crippen LogP contribution in [0.2, 0.25) is 10.0 Å². The monoisotopic (exact) mass is 320 g/mol. The van der Waals surface area contributed by atoms with Crippen LogP contribution < -0.4 is 5.43 Å². The number of carbonyl (C=O) groups excluding carboxylic acids is 1. The van der Waals surface area contributed by atoms with Crippen LogP contribution in [0.4, 0.5) is 0 Å². The van der Waals surface area contributed by atoms with E-state index in [2.05, 4.69) is 17.5 Å². The number of hydrogen-bond donors (Lipinski definition) is 1. The number of carbonyl (C=O) groups is 1. The molecule has 0 aromatic heterocycles. The summed E-state index contributed by atoms with van der Waals surface area (Å²) >= 11 is 11.7. The minimum absolute atomic E-state index is 0.294. The van der Waals surface area contributed by atoms with Crippen molar-refractivity contribution in [2.24, 2.45) is 5.10 Å². The van der Waals surface area contributed by atoms with Gasteiger partial charge in [0.05, 0.1) is 16.8 Å². The molecule has 3 nitrogen and oxygen atoms in total. The molecule has 0 unspecified atom stereocenters. The van der Waals surface area contributed by atoms with Gasteiger partial charge in [-0.25, -0.2) is 5.43 Å². The topological polar surface area (TPSA) is 41.5 Å². The first kappa shape index (κ1) is 15.5. The highest BCUT2D eigenvalue weighted by atomic mass is 35.5. The minimum Gasteiger partial charge on any atom is -0.267 e. The van der Waals surface area contributed by atoms with Crippen molar-refractivity contribution >= 4 is 35.3 Å². The summed E-state index contributed by atoms with van der Waals surface area (Å²) in [5, 5.41) is 4.70. The zero-order valence-corrected chi connectivity index (χ0v) is 12.9. The van der Waals surface area contributed by atoms with Crippen molar-refractivity contribution in [2.75, 3.05) is 0 Å². The van der Waals surface area contributed by atoms with Gasteiger partial charge in [0.1, 0.15) is 0 Å². The lowest BCUT2D eigenvalue weighted by atomic mass is 10.1. The largest absolute Gasteiger partial charge is 0.272 e. The number of nitrogens with zero attached hydrogens (tertiary/aromatic N) is 1. The number of hydrogen-bond acceptors (Lipinski definition) is 2. The fourth-order valence-corrected chi connectivity index (χ4v) is 2.23. The number of nitrogens with one attached hydrogen (secondary N) is 1. The van der Waals surface area contributed by atoms with E-state index in [0.29, 0.717) is 15.6 Å². The van der Waals surface area contributed by atoms with Gasteiger partial charge in [-0.15, -0.1) is 0 Å². The Hall–Kier alpha value is -1.84. The standard InChI is InChI=1S/C16H14Cl2N2O/c1-2-11-3-5-12(6-4-11)10-19-20-16(21)14-8-7-13(17)9-15(14)18/h3-10H,2H2,1H3,(H,20,21)/b19-10+. The zero-order chi connectivity index (χ0) is 15.2. The van der Waals surface area contributed by atoms with Crippen LogP contribution in [0.3, 0.4) is 0 Å². The van der Waals surface area contributed by atoms with Crippen LogP contribution in [-0.4, -0.2) is 12.1 Å². The van der Waals surface area contributed by atoms with E-state index in [9.17, 15) is 4.79 Å². The van der Waals surface area contributed by atoms with Crippen molar-refractivity contribution in [3.8, 4) is 0 Å². The van der Waals surface area contributed by atoms with Crippen LogP contribution in [0.5, 0.6) is 0 Å². The molecular weight excluding hydrogens is 307 g/mol. The Morgan fingerprint density at radius 2 is 1.90 bits per heavy atom. The molecule has 1 amide bonds. The first-order chi connectivity index (χ1) is 10.1. The van der Waals surface area contributed by atoms with E-state index in [4.69, 9.17) is 23.2 Å². The van der Waals surface area contributed by atoms with Crippen LogP contribution in [-0.2, 0) is 6.42 Å². The van der Waals surface area contributed by atoms with Crippen LogP contribution in [0, 0.1) is 0 Å². The van der Waals surface area contributed by atoms with Gasteiger partial charge in [-0.2, -0.15) is 5.10 Å². The molecule has 108 valence electrons. The smallest absolute Gasteiger partial charge is 0.267 e. The molecule has 5 heteroatoms. The molecule has 21 heavy (non-hydrogen) atoms. The molecule has 0 radical (unpaired) electrons. The number of aryl methyl sites for hydroxylation is 1. The van der Waals surface area contributed by atoms with E-state index in [0.717, 1.165) is 12.0 Å². The van der Waals surface area contributed by atoms with Gasteiger partial charge in [0.25, 0.3) is 5.91 Å². The minimum atomic E-state index is -0.377. The number of benzene rings is 2. The van der Waals surface area contributed by atoms with Gasteiger partial charge in [-0.05, 0) is 35.7 Å². The first-order valence-corrected chi connectivity index (χ1v) is 7.23. The molecule has 0 bridgehead atoms. The normalized spacial score (nSPS) is 10.8. The molecule has 2 rings (SSSR count). The van der Waals surface area contributed by atoms with Crippen LogP contribution >= 0.6 is 23.2 Å². The Bertz CT molecular complexity index is 666. The molecule has 0 heterocycles. The van der Waals surface area contributed by atoms with Gasteiger partial charge >= 0.3 is 0 Å². The van der Waals surface area contributed by atoms with Crippen molar-refractivity contribution in [3.63, 3.8) is 0 Å². The maximum absolute atomic E-state index is 11.9. The average molecular weight is 321 g/mol. The fourth-order valence-electron chi connectivity index (χ4n) is 1.74. The molecule has 0 fully saturated rings. The highest BCUT2D eigenvalue weighted by Gasteiger charge is 2.09.